The maximum atomic E-state index is 13.8. The molecule has 3 atom stereocenters. The Morgan fingerprint density at radius 1 is 1.18 bits per heavy atom. The summed E-state index contributed by atoms with van der Waals surface area (Å²) in [5.74, 6) is -0.380. The predicted octanol–water partition coefficient (Wildman–Crippen LogP) is 5.02. The number of hydrogen-bond donors (Lipinski definition) is 3. The Labute approximate surface area is 231 Å². The van der Waals surface area contributed by atoms with Crippen molar-refractivity contribution in [3.05, 3.63) is 76.5 Å². The third-order valence-electron chi connectivity index (χ3n) is 7.52. The van der Waals surface area contributed by atoms with Crippen molar-refractivity contribution in [2.45, 2.75) is 62.2 Å². The third kappa shape index (κ3) is 5.04. The molecule has 2 heterocycles. The Morgan fingerprint density at radius 2 is 1.97 bits per heavy atom. The van der Waals surface area contributed by atoms with Gasteiger partial charge in [0.1, 0.15) is 25.4 Å². The normalized spacial score (nSPS) is 20.8. The van der Waals surface area contributed by atoms with Gasteiger partial charge in [0.25, 0.3) is 0 Å². The highest BCUT2D eigenvalue weighted by atomic mass is 35.5. The van der Waals surface area contributed by atoms with Crippen molar-refractivity contribution in [3.8, 4) is 6.07 Å². The first kappa shape index (κ1) is 25.6. The third-order valence-corrected chi connectivity index (χ3v) is 7.80. The number of nitriles is 1. The Kier molecular flexibility index (Phi) is 6.65. The molecule has 196 valence electrons. The monoisotopic (exact) mass is 541 g/mol. The topological polar surface area (TPSA) is 112 Å². The van der Waals surface area contributed by atoms with Gasteiger partial charge in [-0.25, -0.2) is 9.07 Å². The van der Waals surface area contributed by atoms with E-state index in [1.807, 2.05) is 12.3 Å². The molecule has 2 fully saturated rings. The standard InChI is InChI=1S/C28H26BClFN7O/c29-28(17-4-6-18(31)7-5-17,25-15-38(37-36-25)21-8-9-21)35-20-11-23-26(34-19-2-1-3-22(39)10-19)16(13-32)14-33-27(23)24(30)12-20/h4-7,11-12,14-15,19,21-22,35,39H,1-3,8-10H2,(H,33,34)/t19-,22-,28?/m0/s1. The smallest absolute Gasteiger partial charge is 0.123 e. The SMILES string of the molecule is [B]C(Nc1cc(Cl)c2ncc(C#N)c(N[C@H]3CCC[C@H](O)C3)c2c1)(c1ccc(F)cc1)c1cn(C2CC2)nn1. The van der Waals surface area contributed by atoms with E-state index in [0.717, 1.165) is 32.1 Å². The summed E-state index contributed by atoms with van der Waals surface area (Å²) in [6, 6.07) is 12.0. The minimum Gasteiger partial charge on any atom is -0.393 e. The Bertz CT molecular complexity index is 1570. The van der Waals surface area contributed by atoms with Gasteiger partial charge in [-0.15, -0.1) is 5.10 Å². The molecule has 0 spiro atoms. The summed E-state index contributed by atoms with van der Waals surface area (Å²) in [5, 5.41) is 36.5. The van der Waals surface area contributed by atoms with E-state index in [2.05, 4.69) is 32.0 Å². The average Bonchev–Trinajstić information content (AvgIpc) is 3.65. The number of nitrogens with zero attached hydrogens (tertiary/aromatic N) is 5. The van der Waals surface area contributed by atoms with Gasteiger partial charge in [0.15, 0.2) is 0 Å². The van der Waals surface area contributed by atoms with E-state index >= 15 is 0 Å². The zero-order valence-corrected chi connectivity index (χ0v) is 21.9. The van der Waals surface area contributed by atoms with Gasteiger partial charge in [-0.3, -0.25) is 4.98 Å². The molecule has 2 saturated carbocycles. The Morgan fingerprint density at radius 3 is 2.69 bits per heavy atom. The van der Waals surface area contributed by atoms with Crippen molar-refractivity contribution in [3.63, 3.8) is 0 Å². The van der Waals surface area contributed by atoms with Crippen LogP contribution in [-0.4, -0.2) is 45.1 Å². The van der Waals surface area contributed by atoms with Gasteiger partial charge >= 0.3 is 0 Å². The summed E-state index contributed by atoms with van der Waals surface area (Å²) in [5.41, 5.74) is 1.77. The van der Waals surface area contributed by atoms with E-state index in [1.165, 1.54) is 18.3 Å². The van der Waals surface area contributed by atoms with E-state index < -0.39 is 5.44 Å². The molecule has 2 radical (unpaired) electrons. The number of benzene rings is 2. The van der Waals surface area contributed by atoms with Crippen LogP contribution < -0.4 is 10.6 Å². The lowest BCUT2D eigenvalue weighted by Crippen LogP contribution is -2.37. The Balaban J connectivity index is 1.44. The second-order valence-electron chi connectivity index (χ2n) is 10.4. The van der Waals surface area contributed by atoms with E-state index in [9.17, 15) is 14.8 Å². The maximum absolute atomic E-state index is 13.8. The van der Waals surface area contributed by atoms with Crippen molar-refractivity contribution in [1.82, 2.24) is 20.0 Å². The lowest BCUT2D eigenvalue weighted by atomic mass is 9.69. The molecular weight excluding hydrogens is 516 g/mol. The van der Waals surface area contributed by atoms with Crippen LogP contribution in [0.25, 0.3) is 10.9 Å². The second-order valence-corrected chi connectivity index (χ2v) is 10.8. The number of aliphatic hydroxyl groups excluding tert-OH is 1. The van der Waals surface area contributed by atoms with Crippen LogP contribution in [0.2, 0.25) is 5.02 Å². The van der Waals surface area contributed by atoms with Crippen molar-refractivity contribution in [1.29, 1.82) is 5.26 Å². The largest absolute Gasteiger partial charge is 0.393 e. The number of aromatic nitrogens is 4. The molecule has 0 saturated heterocycles. The fourth-order valence-corrected chi connectivity index (χ4v) is 5.54. The predicted molar refractivity (Wildman–Crippen MR) is 148 cm³/mol. The number of pyridine rings is 1. The highest BCUT2D eigenvalue weighted by Crippen LogP contribution is 2.39. The van der Waals surface area contributed by atoms with Gasteiger partial charge in [-0.05, 0) is 68.4 Å². The minimum absolute atomic E-state index is 0.00659. The van der Waals surface area contributed by atoms with Gasteiger partial charge in [-0.2, -0.15) is 5.26 Å². The van der Waals surface area contributed by atoms with Gasteiger partial charge in [0, 0.05) is 23.3 Å². The summed E-state index contributed by atoms with van der Waals surface area (Å²) in [7, 11) is 7.01. The molecule has 4 aromatic rings. The zero-order chi connectivity index (χ0) is 27.1. The summed E-state index contributed by atoms with van der Waals surface area (Å²) >= 11 is 6.72. The van der Waals surface area contributed by atoms with Crippen LogP contribution in [0, 0.1) is 17.1 Å². The first-order valence-electron chi connectivity index (χ1n) is 13.1. The molecule has 2 aromatic carbocycles. The van der Waals surface area contributed by atoms with Crippen molar-refractivity contribution >= 4 is 41.7 Å². The minimum atomic E-state index is -1.36. The molecule has 2 aliphatic rings. The lowest BCUT2D eigenvalue weighted by Gasteiger charge is -2.32. The van der Waals surface area contributed by atoms with E-state index in [4.69, 9.17) is 19.4 Å². The van der Waals surface area contributed by atoms with E-state index in [-0.39, 0.29) is 18.0 Å². The van der Waals surface area contributed by atoms with Gasteiger partial charge in [-0.1, -0.05) is 28.9 Å². The quantitative estimate of drug-likeness (QED) is 0.282. The number of hydrogen-bond acceptors (Lipinski definition) is 7. The Hall–Kier alpha value is -3.68. The molecule has 39 heavy (non-hydrogen) atoms. The number of nitrogens with one attached hydrogen (secondary N) is 2. The van der Waals surface area contributed by atoms with E-state index in [1.54, 1.807) is 22.9 Å². The first-order valence-corrected chi connectivity index (χ1v) is 13.4. The molecule has 0 bridgehead atoms. The fraction of sp³-hybridized carbons (Fsp3) is 0.357. The molecule has 8 nitrogen and oxygen atoms in total. The van der Waals surface area contributed by atoms with Gasteiger partial charge in [0.05, 0.1) is 45.6 Å². The highest BCUT2D eigenvalue weighted by molar-refractivity contribution is 6.36. The number of aliphatic hydroxyl groups is 1. The number of fused-ring (bicyclic) bond motifs is 1. The van der Waals surface area contributed by atoms with Gasteiger partial charge < -0.3 is 15.7 Å². The number of anilines is 2. The number of halogens is 2. The van der Waals surface area contributed by atoms with E-state index in [0.29, 0.717) is 56.6 Å². The van der Waals surface area contributed by atoms with Crippen molar-refractivity contribution < 1.29 is 9.50 Å². The first-order chi connectivity index (χ1) is 18.8. The lowest BCUT2D eigenvalue weighted by molar-refractivity contribution is 0.124. The van der Waals surface area contributed by atoms with Crippen LogP contribution in [-0.2, 0) is 5.44 Å². The molecule has 0 amide bonds. The second kappa shape index (κ2) is 10.1. The van der Waals surface area contributed by atoms with Crippen molar-refractivity contribution in [2.75, 3.05) is 10.6 Å². The van der Waals surface area contributed by atoms with Gasteiger partial charge in [0.2, 0.25) is 0 Å². The van der Waals surface area contributed by atoms with Crippen LogP contribution in [0.1, 0.15) is 61.4 Å². The summed E-state index contributed by atoms with van der Waals surface area (Å²) in [6.07, 6.45) is 8.14. The maximum Gasteiger partial charge on any atom is 0.123 e. The zero-order valence-electron chi connectivity index (χ0n) is 21.1. The molecular formula is C28H26BClFN7O. The molecule has 6 rings (SSSR count). The summed E-state index contributed by atoms with van der Waals surface area (Å²) in [4.78, 5) is 4.44. The fourth-order valence-electron chi connectivity index (χ4n) is 5.27. The summed E-state index contributed by atoms with van der Waals surface area (Å²) < 4.78 is 15.6. The molecule has 11 heteroatoms. The van der Waals surface area contributed by atoms with Crippen LogP contribution in [0.4, 0.5) is 15.8 Å². The van der Waals surface area contributed by atoms with Crippen LogP contribution >= 0.6 is 11.6 Å². The highest BCUT2D eigenvalue weighted by Gasteiger charge is 2.34. The average molecular weight is 542 g/mol. The molecule has 1 unspecified atom stereocenters. The van der Waals surface area contributed by atoms with Crippen LogP contribution in [0.15, 0.2) is 48.8 Å². The van der Waals surface area contributed by atoms with Crippen molar-refractivity contribution in [2.24, 2.45) is 0 Å². The summed E-state index contributed by atoms with van der Waals surface area (Å²) in [6.45, 7) is 0. The molecule has 2 aromatic heterocycles. The number of rotatable bonds is 7. The molecule has 0 aliphatic heterocycles. The molecule has 3 N–H and O–H groups in total. The van der Waals surface area contributed by atoms with Crippen LogP contribution in [0.3, 0.4) is 0 Å². The molecule has 2 aliphatic carbocycles. The van der Waals surface area contributed by atoms with Crippen LogP contribution in [0.5, 0.6) is 0 Å².